The van der Waals surface area contributed by atoms with Crippen LogP contribution in [0.3, 0.4) is 0 Å². The van der Waals surface area contributed by atoms with Crippen LogP contribution in [0.25, 0.3) is 0 Å². The first kappa shape index (κ1) is 11.6. The third kappa shape index (κ3) is 1.98. The van der Waals surface area contributed by atoms with Crippen LogP contribution in [0.4, 0.5) is 0 Å². The number of rotatable bonds is 3. The first-order valence-electron chi connectivity index (χ1n) is 4.41. The second-order valence-electron chi connectivity index (χ2n) is 3.02. The number of aromatic nitrogens is 1. The van der Waals surface area contributed by atoms with E-state index in [2.05, 4.69) is 11.6 Å². The fourth-order valence-electron chi connectivity index (χ4n) is 1.25. The molecule has 0 spiro atoms. The Kier molecular flexibility index (Phi) is 3.27. The molecule has 2 rings (SSSR count). The van der Waals surface area contributed by atoms with Gasteiger partial charge in [0.05, 0.1) is 5.75 Å². The number of hydrogen-bond acceptors (Lipinski definition) is 5. The van der Waals surface area contributed by atoms with E-state index in [-0.39, 0.29) is 11.8 Å². The Hall–Kier alpha value is -0.920. The summed E-state index contributed by atoms with van der Waals surface area (Å²) < 4.78 is 2.11. The maximum absolute atomic E-state index is 11.0. The van der Waals surface area contributed by atoms with Gasteiger partial charge in [-0.05, 0) is 12.2 Å². The average Bonchev–Trinajstić information content (AvgIpc) is 2.77. The first-order valence-corrected chi connectivity index (χ1v) is 6.62. The smallest absolute Gasteiger partial charge is 0.257 e. The van der Waals surface area contributed by atoms with Crippen LogP contribution in [0.1, 0.15) is 4.88 Å². The summed E-state index contributed by atoms with van der Waals surface area (Å²) in [5.41, 5.74) is 0. The molecule has 1 aliphatic rings. The van der Waals surface area contributed by atoms with E-state index in [1.54, 1.807) is 10.6 Å². The van der Waals surface area contributed by atoms with Crippen LogP contribution in [0.5, 0.6) is 5.88 Å². The number of nitrogens with zero attached hydrogens (tertiary/aromatic N) is 2. The zero-order valence-corrected chi connectivity index (χ0v) is 10.6. The Morgan fingerprint density at radius 1 is 1.69 bits per heavy atom. The van der Waals surface area contributed by atoms with Gasteiger partial charge in [0.15, 0.2) is 3.95 Å². The van der Waals surface area contributed by atoms with E-state index in [0.29, 0.717) is 26.2 Å². The molecule has 0 unspecified atom stereocenters. The summed E-state index contributed by atoms with van der Waals surface area (Å²) in [5.74, 6) is 0.228. The van der Waals surface area contributed by atoms with Gasteiger partial charge in [-0.3, -0.25) is 9.36 Å². The van der Waals surface area contributed by atoms with Crippen LogP contribution >= 0.6 is 35.3 Å². The predicted octanol–water partition coefficient (Wildman–Crippen LogP) is 2.19. The van der Waals surface area contributed by atoms with Crippen molar-refractivity contribution in [1.82, 2.24) is 4.57 Å². The third-order valence-corrected chi connectivity index (χ3v) is 4.47. The predicted molar refractivity (Wildman–Crippen MR) is 69.0 cm³/mol. The molecule has 0 saturated heterocycles. The molecular weight excluding hydrogens is 264 g/mol. The van der Waals surface area contributed by atoms with Gasteiger partial charge in [-0.1, -0.05) is 29.2 Å². The minimum Gasteiger partial charge on any atom is -0.493 e. The third-order valence-electron chi connectivity index (χ3n) is 1.93. The summed E-state index contributed by atoms with van der Waals surface area (Å²) in [6.45, 7) is 4.05. The number of hydrogen-bond donors (Lipinski definition) is 1. The quantitative estimate of drug-likeness (QED) is 0.677. The van der Waals surface area contributed by atoms with E-state index >= 15 is 0 Å². The van der Waals surface area contributed by atoms with Gasteiger partial charge in [-0.25, -0.2) is 4.99 Å². The van der Waals surface area contributed by atoms with E-state index < -0.39 is 0 Å². The monoisotopic (exact) mass is 272 g/mol. The second-order valence-corrected chi connectivity index (χ2v) is 5.63. The number of aromatic hydroxyl groups is 1. The summed E-state index contributed by atoms with van der Waals surface area (Å²) >= 11 is 7.69. The normalized spacial score (nSPS) is 15.2. The fourth-order valence-corrected chi connectivity index (χ4v) is 3.46. The van der Waals surface area contributed by atoms with E-state index in [9.17, 15) is 9.90 Å². The van der Waals surface area contributed by atoms with Crippen molar-refractivity contribution in [1.29, 1.82) is 0 Å². The molecule has 0 aromatic carbocycles. The average molecular weight is 272 g/mol. The van der Waals surface area contributed by atoms with Crippen LogP contribution < -0.4 is 0 Å². The Morgan fingerprint density at radius 2 is 2.44 bits per heavy atom. The number of carbonyl (C=O) groups excluding carboxylic acids is 1. The maximum atomic E-state index is 11.0. The van der Waals surface area contributed by atoms with Crippen molar-refractivity contribution in [3.05, 3.63) is 21.5 Å². The summed E-state index contributed by atoms with van der Waals surface area (Å²) in [6.07, 6.45) is 1.65. The van der Waals surface area contributed by atoms with Gasteiger partial charge in [0, 0.05) is 6.54 Å². The highest BCUT2D eigenvalue weighted by molar-refractivity contribution is 8.15. The number of amides is 1. The lowest BCUT2D eigenvalue weighted by atomic mass is 10.5. The van der Waals surface area contributed by atoms with E-state index in [1.165, 1.54) is 23.1 Å². The summed E-state index contributed by atoms with van der Waals surface area (Å²) in [4.78, 5) is 15.4. The maximum Gasteiger partial charge on any atom is 0.257 e. The molecule has 7 heteroatoms. The lowest BCUT2D eigenvalue weighted by Crippen LogP contribution is -1.95. The molecule has 1 N–H and O–H groups in total. The molecule has 1 aliphatic heterocycles. The van der Waals surface area contributed by atoms with Gasteiger partial charge in [0.2, 0.25) is 5.88 Å². The van der Waals surface area contributed by atoms with Crippen LogP contribution in [-0.2, 0) is 11.3 Å². The fraction of sp³-hybridized carbons (Fsp3) is 0.222. The number of aliphatic imine (C=N–C) groups is 1. The van der Waals surface area contributed by atoms with Gasteiger partial charge in [0.1, 0.15) is 9.92 Å². The van der Waals surface area contributed by atoms with Gasteiger partial charge >= 0.3 is 0 Å². The van der Waals surface area contributed by atoms with Crippen molar-refractivity contribution < 1.29 is 9.90 Å². The molecule has 16 heavy (non-hydrogen) atoms. The van der Waals surface area contributed by atoms with Crippen molar-refractivity contribution >= 4 is 46.3 Å². The van der Waals surface area contributed by atoms with Crippen molar-refractivity contribution in [3.63, 3.8) is 0 Å². The van der Waals surface area contributed by atoms with Crippen molar-refractivity contribution in [2.45, 2.75) is 6.54 Å². The summed E-state index contributed by atoms with van der Waals surface area (Å²) in [6, 6.07) is 0. The summed E-state index contributed by atoms with van der Waals surface area (Å²) in [5, 5.41) is 10.5. The lowest BCUT2D eigenvalue weighted by Gasteiger charge is -2.00. The highest BCUT2D eigenvalue weighted by Crippen LogP contribution is 2.32. The number of carbonyl (C=O) groups is 1. The second kappa shape index (κ2) is 4.52. The van der Waals surface area contributed by atoms with Gasteiger partial charge < -0.3 is 5.11 Å². The molecular formula is C9H8N2O2S3. The number of thioether (sulfide) groups is 1. The summed E-state index contributed by atoms with van der Waals surface area (Å²) in [7, 11) is 0. The molecule has 1 amide bonds. The van der Waals surface area contributed by atoms with Crippen molar-refractivity contribution in [2.75, 3.05) is 5.75 Å². The van der Waals surface area contributed by atoms with Crippen molar-refractivity contribution in [2.24, 2.45) is 4.99 Å². The molecule has 2 heterocycles. The Bertz CT molecular complexity index is 541. The zero-order chi connectivity index (χ0) is 11.7. The Balaban J connectivity index is 2.47. The molecule has 84 valence electrons. The molecule has 1 aromatic rings. The van der Waals surface area contributed by atoms with Crippen LogP contribution in [0, 0.1) is 3.95 Å². The Morgan fingerprint density at radius 3 is 3.00 bits per heavy atom. The molecule has 0 bridgehead atoms. The molecule has 0 radical (unpaired) electrons. The molecule has 0 fully saturated rings. The van der Waals surface area contributed by atoms with Gasteiger partial charge in [-0.2, -0.15) is 0 Å². The van der Waals surface area contributed by atoms with Gasteiger partial charge in [-0.15, -0.1) is 6.58 Å². The largest absolute Gasteiger partial charge is 0.493 e. The molecule has 0 aliphatic carbocycles. The van der Waals surface area contributed by atoms with E-state index in [1.807, 2.05) is 0 Å². The molecule has 1 aromatic heterocycles. The Labute approximate surface area is 105 Å². The molecule has 4 nitrogen and oxygen atoms in total. The zero-order valence-electron chi connectivity index (χ0n) is 8.17. The number of allylic oxidation sites excluding steroid dienone is 1. The minimum absolute atomic E-state index is 0.0656. The minimum atomic E-state index is -0.172. The topological polar surface area (TPSA) is 54.6 Å². The SMILES string of the molecule is C=CCn1c(O)c(C2=NC(=O)CS2)sc1=S. The first-order chi connectivity index (χ1) is 7.63. The molecule has 0 atom stereocenters. The lowest BCUT2D eigenvalue weighted by molar-refractivity contribution is -0.115. The van der Waals surface area contributed by atoms with E-state index in [0.717, 1.165) is 0 Å². The van der Waals surface area contributed by atoms with Crippen LogP contribution in [0.15, 0.2) is 17.6 Å². The van der Waals surface area contributed by atoms with Gasteiger partial charge in [0.25, 0.3) is 5.91 Å². The molecule has 0 saturated carbocycles. The highest BCUT2D eigenvalue weighted by atomic mass is 32.2. The number of thiazole rings is 1. The van der Waals surface area contributed by atoms with Crippen LogP contribution in [-0.4, -0.2) is 26.4 Å². The van der Waals surface area contributed by atoms with Crippen LogP contribution in [0.2, 0.25) is 0 Å². The highest BCUT2D eigenvalue weighted by Gasteiger charge is 2.23. The standard InChI is InChI=1S/C9H8N2O2S3/c1-2-3-11-8(13)6(16-9(11)14)7-10-5(12)4-15-7/h2,13H,1,3-4H2. The van der Waals surface area contributed by atoms with Crippen molar-refractivity contribution in [3.8, 4) is 5.88 Å². The van der Waals surface area contributed by atoms with E-state index in [4.69, 9.17) is 12.2 Å².